The van der Waals surface area contributed by atoms with Crippen molar-refractivity contribution in [2.24, 2.45) is 5.41 Å². The van der Waals surface area contributed by atoms with E-state index < -0.39 is 0 Å². The summed E-state index contributed by atoms with van der Waals surface area (Å²) in [6.07, 6.45) is 4.00. The second kappa shape index (κ2) is 3.42. The van der Waals surface area contributed by atoms with Crippen molar-refractivity contribution in [2.75, 3.05) is 0 Å². The van der Waals surface area contributed by atoms with Crippen LogP contribution >= 0.6 is 0 Å². The third kappa shape index (κ3) is 1.70. The van der Waals surface area contributed by atoms with Gasteiger partial charge in [0.2, 0.25) is 0 Å². The summed E-state index contributed by atoms with van der Waals surface area (Å²) >= 11 is 0. The van der Waals surface area contributed by atoms with E-state index in [4.69, 9.17) is 0 Å². The van der Waals surface area contributed by atoms with Crippen molar-refractivity contribution >= 4 is 0 Å². The lowest BCUT2D eigenvalue weighted by atomic mass is 9.69. The Labute approximate surface area is 87.3 Å². The van der Waals surface area contributed by atoms with Crippen LogP contribution in [0.25, 0.3) is 0 Å². The molecule has 0 fully saturated rings. The van der Waals surface area contributed by atoms with Crippen LogP contribution in [0, 0.1) is 5.41 Å². The summed E-state index contributed by atoms with van der Waals surface area (Å²) in [6.45, 7) is 7.08. The van der Waals surface area contributed by atoms with Gasteiger partial charge in [0.05, 0.1) is 0 Å². The number of benzene rings is 1. The van der Waals surface area contributed by atoms with E-state index >= 15 is 0 Å². The number of hydrogen-bond acceptors (Lipinski definition) is 0. The monoisotopic (exact) mass is 188 g/mol. The SMILES string of the molecule is CC(C)(C)[C@@H]1CCCc2ccccc21. The van der Waals surface area contributed by atoms with Gasteiger partial charge in [-0.2, -0.15) is 0 Å². The lowest BCUT2D eigenvalue weighted by molar-refractivity contribution is 0.289. The van der Waals surface area contributed by atoms with Crippen molar-refractivity contribution in [2.45, 2.75) is 46.0 Å². The Balaban J connectivity index is 2.41. The van der Waals surface area contributed by atoms with Gasteiger partial charge in [0.15, 0.2) is 0 Å². The molecule has 0 aliphatic heterocycles. The molecule has 0 aromatic heterocycles. The minimum atomic E-state index is 0.413. The molecule has 1 aliphatic carbocycles. The molecule has 0 bridgehead atoms. The predicted octanol–water partition coefficient (Wildman–Crippen LogP) is 4.15. The van der Waals surface area contributed by atoms with E-state index in [-0.39, 0.29) is 0 Å². The molecule has 1 aliphatic rings. The average molecular weight is 188 g/mol. The highest BCUT2D eigenvalue weighted by Crippen LogP contribution is 2.43. The average Bonchev–Trinajstić information content (AvgIpc) is 2.15. The van der Waals surface area contributed by atoms with Gasteiger partial charge in [-0.05, 0) is 41.7 Å². The second-order valence-electron chi connectivity index (χ2n) is 5.51. The first kappa shape index (κ1) is 9.76. The number of aryl methyl sites for hydroxylation is 1. The van der Waals surface area contributed by atoms with Crippen LogP contribution in [0.4, 0.5) is 0 Å². The summed E-state index contributed by atoms with van der Waals surface area (Å²) < 4.78 is 0. The molecule has 0 spiro atoms. The zero-order valence-corrected chi connectivity index (χ0v) is 9.51. The molecule has 76 valence electrons. The highest BCUT2D eigenvalue weighted by Gasteiger charge is 2.29. The van der Waals surface area contributed by atoms with Gasteiger partial charge in [0.1, 0.15) is 0 Å². The zero-order valence-electron chi connectivity index (χ0n) is 9.51. The molecular weight excluding hydrogens is 168 g/mol. The standard InChI is InChI=1S/C14H20/c1-14(2,3)13-10-6-8-11-7-4-5-9-12(11)13/h4-5,7,9,13H,6,8,10H2,1-3H3/t13-/m1/s1. The van der Waals surface area contributed by atoms with E-state index in [1.165, 1.54) is 19.3 Å². The van der Waals surface area contributed by atoms with Crippen LogP contribution in [0.2, 0.25) is 0 Å². The van der Waals surface area contributed by atoms with Crippen LogP contribution in [0.5, 0.6) is 0 Å². The lowest BCUT2D eigenvalue weighted by Crippen LogP contribution is -2.22. The van der Waals surface area contributed by atoms with Crippen molar-refractivity contribution in [3.05, 3.63) is 35.4 Å². The Morgan fingerprint density at radius 3 is 2.57 bits per heavy atom. The Hall–Kier alpha value is -0.780. The molecule has 0 heteroatoms. The molecule has 1 aromatic rings. The molecule has 0 N–H and O–H groups in total. The summed E-state index contributed by atoms with van der Waals surface area (Å²) in [5.41, 5.74) is 3.60. The van der Waals surface area contributed by atoms with E-state index in [2.05, 4.69) is 45.0 Å². The number of fused-ring (bicyclic) bond motifs is 1. The molecule has 0 radical (unpaired) electrons. The van der Waals surface area contributed by atoms with Crippen molar-refractivity contribution in [1.29, 1.82) is 0 Å². The smallest absolute Gasteiger partial charge is 0.0110 e. The maximum absolute atomic E-state index is 2.36. The summed E-state index contributed by atoms with van der Waals surface area (Å²) in [4.78, 5) is 0. The van der Waals surface area contributed by atoms with Gasteiger partial charge in [0, 0.05) is 0 Å². The third-order valence-corrected chi connectivity index (χ3v) is 3.41. The Kier molecular flexibility index (Phi) is 2.38. The number of rotatable bonds is 0. The fourth-order valence-corrected chi connectivity index (χ4v) is 2.65. The van der Waals surface area contributed by atoms with Crippen molar-refractivity contribution in [3.63, 3.8) is 0 Å². The quantitative estimate of drug-likeness (QED) is 0.573. The largest absolute Gasteiger partial charge is 0.0620 e. The van der Waals surface area contributed by atoms with Crippen LogP contribution in [0.3, 0.4) is 0 Å². The van der Waals surface area contributed by atoms with E-state index in [1.807, 2.05) is 0 Å². The summed E-state index contributed by atoms with van der Waals surface area (Å²) in [6, 6.07) is 8.98. The van der Waals surface area contributed by atoms with Gasteiger partial charge in [-0.25, -0.2) is 0 Å². The molecule has 1 atom stereocenters. The fraction of sp³-hybridized carbons (Fsp3) is 0.571. The molecule has 0 unspecified atom stereocenters. The van der Waals surface area contributed by atoms with Gasteiger partial charge in [0.25, 0.3) is 0 Å². The van der Waals surface area contributed by atoms with Gasteiger partial charge in [-0.1, -0.05) is 45.0 Å². The van der Waals surface area contributed by atoms with E-state index in [9.17, 15) is 0 Å². The van der Waals surface area contributed by atoms with Gasteiger partial charge >= 0.3 is 0 Å². The van der Waals surface area contributed by atoms with Gasteiger partial charge in [-0.15, -0.1) is 0 Å². The molecule has 0 saturated carbocycles. The van der Waals surface area contributed by atoms with Crippen LogP contribution in [0.1, 0.15) is 50.7 Å². The Morgan fingerprint density at radius 1 is 1.14 bits per heavy atom. The lowest BCUT2D eigenvalue weighted by Gasteiger charge is -2.35. The van der Waals surface area contributed by atoms with Crippen LogP contribution in [-0.4, -0.2) is 0 Å². The first-order valence-corrected chi connectivity index (χ1v) is 5.67. The maximum Gasteiger partial charge on any atom is -0.0110 e. The van der Waals surface area contributed by atoms with Crippen LogP contribution in [0.15, 0.2) is 24.3 Å². The molecule has 0 amide bonds. The second-order valence-corrected chi connectivity index (χ2v) is 5.51. The zero-order chi connectivity index (χ0) is 10.2. The third-order valence-electron chi connectivity index (χ3n) is 3.41. The molecule has 0 heterocycles. The molecule has 0 saturated heterocycles. The van der Waals surface area contributed by atoms with Gasteiger partial charge < -0.3 is 0 Å². The molecule has 2 rings (SSSR count). The van der Waals surface area contributed by atoms with Crippen molar-refractivity contribution in [1.82, 2.24) is 0 Å². The van der Waals surface area contributed by atoms with Gasteiger partial charge in [-0.3, -0.25) is 0 Å². The summed E-state index contributed by atoms with van der Waals surface area (Å²) in [7, 11) is 0. The van der Waals surface area contributed by atoms with Crippen molar-refractivity contribution < 1.29 is 0 Å². The number of hydrogen-bond donors (Lipinski definition) is 0. The minimum absolute atomic E-state index is 0.413. The Bertz CT molecular complexity index is 317. The normalized spacial score (nSPS) is 21.8. The van der Waals surface area contributed by atoms with Crippen molar-refractivity contribution in [3.8, 4) is 0 Å². The highest BCUT2D eigenvalue weighted by atomic mass is 14.3. The predicted molar refractivity (Wildman–Crippen MR) is 61.6 cm³/mol. The van der Waals surface area contributed by atoms with Crippen LogP contribution in [-0.2, 0) is 6.42 Å². The first-order valence-electron chi connectivity index (χ1n) is 5.67. The maximum atomic E-state index is 2.36. The van der Waals surface area contributed by atoms with E-state index in [0.717, 1.165) is 5.92 Å². The fourth-order valence-electron chi connectivity index (χ4n) is 2.65. The van der Waals surface area contributed by atoms with E-state index in [1.54, 1.807) is 11.1 Å². The summed E-state index contributed by atoms with van der Waals surface area (Å²) in [5.74, 6) is 0.757. The van der Waals surface area contributed by atoms with E-state index in [0.29, 0.717) is 5.41 Å². The first-order chi connectivity index (χ1) is 6.59. The molecular formula is C14H20. The molecule has 0 nitrogen and oxygen atoms in total. The topological polar surface area (TPSA) is 0 Å². The Morgan fingerprint density at radius 2 is 1.86 bits per heavy atom. The minimum Gasteiger partial charge on any atom is -0.0620 e. The highest BCUT2D eigenvalue weighted by molar-refractivity contribution is 5.33. The van der Waals surface area contributed by atoms with Crippen LogP contribution < -0.4 is 0 Å². The molecule has 1 aromatic carbocycles. The summed E-state index contributed by atoms with van der Waals surface area (Å²) in [5, 5.41) is 0. The molecule has 14 heavy (non-hydrogen) atoms.